The van der Waals surface area contributed by atoms with Crippen LogP contribution in [-0.2, 0) is 9.59 Å². The lowest BCUT2D eigenvalue weighted by Crippen LogP contribution is -2.52. The SMILES string of the molecule is NC(=O)CNC(=O)N1C(C(=O)O)CC2CCCCC21. The average Bonchev–Trinajstić information content (AvgIpc) is 2.75. The highest BCUT2D eigenvalue weighted by Crippen LogP contribution is 2.39. The second kappa shape index (κ2) is 5.46. The molecule has 2 fully saturated rings. The zero-order chi connectivity index (χ0) is 14.0. The van der Waals surface area contributed by atoms with E-state index in [9.17, 15) is 19.5 Å². The predicted octanol–water partition coefficient (Wildman–Crippen LogP) is -0.101. The summed E-state index contributed by atoms with van der Waals surface area (Å²) in [7, 11) is 0. The van der Waals surface area contributed by atoms with Crippen LogP contribution in [0, 0.1) is 5.92 Å². The van der Waals surface area contributed by atoms with Gasteiger partial charge in [-0.15, -0.1) is 0 Å². The van der Waals surface area contributed by atoms with Crippen molar-refractivity contribution in [2.45, 2.75) is 44.2 Å². The number of likely N-dealkylation sites (tertiary alicyclic amines) is 1. The number of rotatable bonds is 3. The molecule has 1 heterocycles. The molecule has 7 heteroatoms. The van der Waals surface area contributed by atoms with E-state index < -0.39 is 23.9 Å². The van der Waals surface area contributed by atoms with Gasteiger partial charge in [0.1, 0.15) is 6.04 Å². The second-order valence-corrected chi connectivity index (χ2v) is 5.23. The van der Waals surface area contributed by atoms with Crippen LogP contribution in [0.15, 0.2) is 0 Å². The molecule has 3 unspecified atom stereocenters. The summed E-state index contributed by atoms with van der Waals surface area (Å²) in [6.45, 7) is -0.265. The quantitative estimate of drug-likeness (QED) is 0.664. The van der Waals surface area contributed by atoms with Gasteiger partial charge in [-0.3, -0.25) is 4.79 Å². The number of carboxylic acids is 1. The molecule has 1 aliphatic carbocycles. The molecule has 0 aromatic carbocycles. The highest BCUT2D eigenvalue weighted by molar-refractivity contribution is 5.86. The number of nitrogens with zero attached hydrogens (tertiary/aromatic N) is 1. The summed E-state index contributed by atoms with van der Waals surface area (Å²) in [5, 5.41) is 11.6. The fraction of sp³-hybridized carbons (Fsp3) is 0.750. The monoisotopic (exact) mass is 269 g/mol. The van der Waals surface area contributed by atoms with Crippen molar-refractivity contribution in [2.75, 3.05) is 6.54 Å². The van der Waals surface area contributed by atoms with Crippen LogP contribution in [0.3, 0.4) is 0 Å². The first-order chi connectivity index (χ1) is 9.00. The molecule has 0 aromatic rings. The summed E-state index contributed by atoms with van der Waals surface area (Å²) in [5.41, 5.74) is 4.98. The second-order valence-electron chi connectivity index (χ2n) is 5.23. The molecule has 106 valence electrons. The van der Waals surface area contributed by atoms with Crippen LogP contribution in [0.5, 0.6) is 0 Å². The predicted molar refractivity (Wildman–Crippen MR) is 66.2 cm³/mol. The van der Waals surface area contributed by atoms with E-state index in [0.717, 1.165) is 25.7 Å². The standard InChI is InChI=1S/C12H19N3O4/c13-10(16)6-14-12(19)15-8-4-2-1-3-7(8)5-9(15)11(17)18/h7-9H,1-6H2,(H2,13,16)(H,14,19)(H,17,18). The van der Waals surface area contributed by atoms with Crippen molar-refractivity contribution in [3.8, 4) is 0 Å². The van der Waals surface area contributed by atoms with Gasteiger partial charge in [0.25, 0.3) is 0 Å². The number of hydrogen-bond donors (Lipinski definition) is 3. The summed E-state index contributed by atoms with van der Waals surface area (Å²) in [5.74, 6) is -1.36. The minimum absolute atomic E-state index is 0.0253. The van der Waals surface area contributed by atoms with Gasteiger partial charge in [-0.1, -0.05) is 12.8 Å². The third-order valence-electron chi connectivity index (χ3n) is 4.02. The molecule has 4 N–H and O–H groups in total. The number of carbonyl (C=O) groups excluding carboxylic acids is 2. The van der Waals surface area contributed by atoms with Crippen molar-refractivity contribution in [1.29, 1.82) is 0 Å². The lowest BCUT2D eigenvalue weighted by molar-refractivity contribution is -0.141. The van der Waals surface area contributed by atoms with E-state index in [4.69, 9.17) is 5.73 Å². The van der Waals surface area contributed by atoms with Gasteiger partial charge in [0, 0.05) is 6.04 Å². The Morgan fingerprint density at radius 2 is 1.95 bits per heavy atom. The molecule has 3 amide bonds. The molecule has 2 aliphatic rings. The molecule has 0 spiro atoms. The maximum atomic E-state index is 12.1. The summed E-state index contributed by atoms with van der Waals surface area (Å²) in [4.78, 5) is 35.4. The molecule has 7 nitrogen and oxygen atoms in total. The summed E-state index contributed by atoms with van der Waals surface area (Å²) < 4.78 is 0. The first-order valence-electron chi connectivity index (χ1n) is 6.58. The van der Waals surface area contributed by atoms with Gasteiger partial charge >= 0.3 is 12.0 Å². The average molecular weight is 269 g/mol. The molecule has 1 saturated carbocycles. The Kier molecular flexibility index (Phi) is 3.92. The molecule has 0 radical (unpaired) electrons. The summed E-state index contributed by atoms with van der Waals surface area (Å²) in [6.07, 6.45) is 4.40. The first-order valence-corrected chi connectivity index (χ1v) is 6.58. The molecule has 2 rings (SSSR count). The maximum Gasteiger partial charge on any atom is 0.326 e. The van der Waals surface area contributed by atoms with E-state index >= 15 is 0 Å². The smallest absolute Gasteiger partial charge is 0.326 e. The van der Waals surface area contributed by atoms with Crippen molar-refractivity contribution < 1.29 is 19.5 Å². The third-order valence-corrected chi connectivity index (χ3v) is 4.02. The molecule has 19 heavy (non-hydrogen) atoms. The number of aliphatic carboxylic acids is 1. The van der Waals surface area contributed by atoms with Crippen molar-refractivity contribution in [2.24, 2.45) is 11.7 Å². The van der Waals surface area contributed by atoms with E-state index in [1.807, 2.05) is 0 Å². The highest BCUT2D eigenvalue weighted by Gasteiger charge is 2.47. The first kappa shape index (κ1) is 13.6. The van der Waals surface area contributed by atoms with Crippen LogP contribution < -0.4 is 11.1 Å². The van der Waals surface area contributed by atoms with E-state index in [1.54, 1.807) is 0 Å². The Labute approximate surface area is 111 Å². The van der Waals surface area contributed by atoms with Crippen molar-refractivity contribution in [1.82, 2.24) is 10.2 Å². The van der Waals surface area contributed by atoms with Crippen molar-refractivity contribution >= 4 is 17.9 Å². The molecule has 1 saturated heterocycles. The molecule has 1 aliphatic heterocycles. The number of amides is 3. The largest absolute Gasteiger partial charge is 0.480 e. The van der Waals surface area contributed by atoms with Gasteiger partial charge in [0.15, 0.2) is 0 Å². The Hall–Kier alpha value is -1.79. The number of carboxylic acid groups (broad SMARTS) is 1. The fourth-order valence-electron chi connectivity index (χ4n) is 3.23. The topological polar surface area (TPSA) is 113 Å². The van der Waals surface area contributed by atoms with Gasteiger partial charge in [0.2, 0.25) is 5.91 Å². The number of nitrogens with one attached hydrogen (secondary N) is 1. The van der Waals surface area contributed by atoms with Gasteiger partial charge in [-0.25, -0.2) is 9.59 Å². The number of fused-ring (bicyclic) bond motifs is 1. The molecule has 0 bridgehead atoms. The molecule has 0 aromatic heterocycles. The summed E-state index contributed by atoms with van der Waals surface area (Å²) >= 11 is 0. The minimum atomic E-state index is -0.983. The minimum Gasteiger partial charge on any atom is -0.480 e. The zero-order valence-electron chi connectivity index (χ0n) is 10.7. The van der Waals surface area contributed by atoms with Crippen LogP contribution >= 0.6 is 0 Å². The van der Waals surface area contributed by atoms with Crippen LogP contribution in [0.25, 0.3) is 0 Å². The van der Waals surface area contributed by atoms with E-state index in [2.05, 4.69) is 5.32 Å². The Morgan fingerprint density at radius 3 is 2.58 bits per heavy atom. The van der Waals surface area contributed by atoms with Crippen LogP contribution in [0.4, 0.5) is 4.79 Å². The van der Waals surface area contributed by atoms with Crippen molar-refractivity contribution in [3.63, 3.8) is 0 Å². The van der Waals surface area contributed by atoms with Gasteiger partial charge in [0.05, 0.1) is 6.54 Å². The van der Waals surface area contributed by atoms with Gasteiger partial charge < -0.3 is 21.1 Å². The Balaban J connectivity index is 2.10. The van der Waals surface area contributed by atoms with Crippen LogP contribution in [-0.4, -0.2) is 46.5 Å². The lowest BCUT2D eigenvalue weighted by Gasteiger charge is -2.32. The third kappa shape index (κ3) is 2.80. The van der Waals surface area contributed by atoms with Crippen LogP contribution in [0.1, 0.15) is 32.1 Å². The lowest BCUT2D eigenvalue weighted by atomic mass is 9.85. The number of primary amides is 1. The number of carbonyl (C=O) groups is 3. The van der Waals surface area contributed by atoms with Crippen LogP contribution in [0.2, 0.25) is 0 Å². The normalized spacial score (nSPS) is 29.7. The molecular formula is C12H19N3O4. The van der Waals surface area contributed by atoms with Gasteiger partial charge in [-0.05, 0) is 25.2 Å². The maximum absolute atomic E-state index is 12.1. The molecular weight excluding hydrogens is 250 g/mol. The zero-order valence-corrected chi connectivity index (χ0v) is 10.7. The van der Waals surface area contributed by atoms with E-state index in [0.29, 0.717) is 6.42 Å². The number of nitrogens with two attached hydrogens (primary N) is 1. The summed E-state index contributed by atoms with van der Waals surface area (Å²) in [6, 6.07) is -1.32. The number of hydrogen-bond acceptors (Lipinski definition) is 3. The van der Waals surface area contributed by atoms with E-state index in [1.165, 1.54) is 4.90 Å². The fourth-order valence-corrected chi connectivity index (χ4v) is 3.23. The highest BCUT2D eigenvalue weighted by atomic mass is 16.4. The number of urea groups is 1. The molecule has 3 atom stereocenters. The van der Waals surface area contributed by atoms with Crippen molar-refractivity contribution in [3.05, 3.63) is 0 Å². The Morgan fingerprint density at radius 1 is 1.26 bits per heavy atom. The Bertz CT molecular complexity index is 398. The van der Waals surface area contributed by atoms with Gasteiger partial charge in [-0.2, -0.15) is 0 Å². The van der Waals surface area contributed by atoms with E-state index in [-0.39, 0.29) is 18.5 Å².